The Morgan fingerprint density at radius 3 is 2.59 bits per heavy atom. The molecule has 0 amide bonds. The summed E-state index contributed by atoms with van der Waals surface area (Å²) in [5, 5.41) is 9.92. The van der Waals surface area contributed by atoms with E-state index in [1.807, 2.05) is 20.8 Å². The van der Waals surface area contributed by atoms with Crippen LogP contribution in [0.15, 0.2) is 23.8 Å². The van der Waals surface area contributed by atoms with E-state index in [2.05, 4.69) is 32.1 Å². The quantitative estimate of drug-likeness (QED) is 0.464. The van der Waals surface area contributed by atoms with E-state index in [0.717, 1.165) is 25.7 Å². The van der Waals surface area contributed by atoms with Crippen LogP contribution in [0.2, 0.25) is 0 Å². The van der Waals surface area contributed by atoms with Crippen LogP contribution in [-0.2, 0) is 19.1 Å². The minimum atomic E-state index is -0.601. The fourth-order valence-electron chi connectivity index (χ4n) is 5.08. The summed E-state index contributed by atoms with van der Waals surface area (Å²) in [5.74, 6) is 0.776. The van der Waals surface area contributed by atoms with Gasteiger partial charge in [0.1, 0.15) is 12.2 Å². The molecule has 0 aromatic rings. The van der Waals surface area contributed by atoms with Crippen molar-refractivity contribution in [3.8, 4) is 0 Å². The predicted molar refractivity (Wildman–Crippen MR) is 127 cm³/mol. The minimum Gasteiger partial charge on any atom is -1.00 e. The molecule has 0 spiro atoms. The first-order chi connectivity index (χ1) is 14.1. The number of rotatable bonds is 6. The molecule has 1 heterocycles. The molecule has 3 aliphatic rings. The SMILES string of the molecule is CCC(C)(C)C(=O)O[C@@H]1C[C@H](C)C=C2C=C[C@@H](C)[C@@H](CC[C@@H]3C[C@H](O)CC(=O)O3)[C@@H]21.O.[Ca+2].[H-].[H-]. The van der Waals surface area contributed by atoms with Crippen LogP contribution in [0.25, 0.3) is 0 Å². The summed E-state index contributed by atoms with van der Waals surface area (Å²) in [4.78, 5) is 24.6. The van der Waals surface area contributed by atoms with E-state index in [4.69, 9.17) is 9.47 Å². The Labute approximate surface area is 225 Å². The zero-order valence-corrected chi connectivity index (χ0v) is 22.5. The number of hydrogen-bond acceptors (Lipinski definition) is 5. The zero-order chi connectivity index (χ0) is 22.1. The Bertz CT molecular complexity index is 726. The van der Waals surface area contributed by atoms with Gasteiger partial charge in [0.05, 0.1) is 17.9 Å². The Morgan fingerprint density at radius 1 is 1.28 bits per heavy atom. The van der Waals surface area contributed by atoms with E-state index >= 15 is 0 Å². The number of ether oxygens (including phenoxy) is 2. The topological polar surface area (TPSA) is 104 Å². The van der Waals surface area contributed by atoms with Gasteiger partial charge in [-0.05, 0) is 62.9 Å². The number of esters is 2. The number of allylic oxidation sites excluding steroid dienone is 3. The average molecular weight is 479 g/mol. The molecule has 0 unspecified atom stereocenters. The zero-order valence-electron chi connectivity index (χ0n) is 22.3. The summed E-state index contributed by atoms with van der Waals surface area (Å²) in [6.07, 6.45) is 9.61. The van der Waals surface area contributed by atoms with Crippen molar-refractivity contribution >= 4 is 49.7 Å². The third-order valence-corrected chi connectivity index (χ3v) is 7.35. The third kappa shape index (κ3) is 7.05. The average Bonchev–Trinajstić information content (AvgIpc) is 2.66. The summed E-state index contributed by atoms with van der Waals surface area (Å²) < 4.78 is 11.6. The van der Waals surface area contributed by atoms with Gasteiger partial charge < -0.3 is 22.9 Å². The van der Waals surface area contributed by atoms with E-state index in [0.29, 0.717) is 24.2 Å². The smallest absolute Gasteiger partial charge is 1.00 e. The molecular weight excluding hydrogens is 436 g/mol. The molecule has 2 aliphatic carbocycles. The van der Waals surface area contributed by atoms with Crippen molar-refractivity contribution in [2.24, 2.45) is 29.1 Å². The van der Waals surface area contributed by atoms with Gasteiger partial charge >= 0.3 is 49.7 Å². The second-order valence-electron chi connectivity index (χ2n) is 10.3. The van der Waals surface area contributed by atoms with Crippen LogP contribution in [0.3, 0.4) is 0 Å². The number of cyclic esters (lactones) is 1. The maximum atomic E-state index is 12.9. The first-order valence-electron chi connectivity index (χ1n) is 11.6. The molecule has 1 fully saturated rings. The van der Waals surface area contributed by atoms with Crippen molar-refractivity contribution in [2.75, 3.05) is 0 Å². The minimum absolute atomic E-state index is 0. The fourth-order valence-corrected chi connectivity index (χ4v) is 5.08. The van der Waals surface area contributed by atoms with E-state index in [1.165, 1.54) is 5.57 Å². The van der Waals surface area contributed by atoms with Crippen LogP contribution < -0.4 is 0 Å². The number of fused-ring (bicyclic) bond motifs is 1. The van der Waals surface area contributed by atoms with Gasteiger partial charge in [0, 0.05) is 12.3 Å². The molecule has 0 bridgehead atoms. The summed E-state index contributed by atoms with van der Waals surface area (Å²) in [5.41, 5.74) is 0.785. The van der Waals surface area contributed by atoms with Gasteiger partial charge in [-0.1, -0.05) is 39.0 Å². The molecule has 0 aromatic carbocycles. The van der Waals surface area contributed by atoms with E-state index < -0.39 is 11.5 Å². The van der Waals surface area contributed by atoms with E-state index in [-0.39, 0.29) is 82.6 Å². The number of carbonyl (C=O) groups is 2. The van der Waals surface area contributed by atoms with Crippen LogP contribution in [0, 0.1) is 29.1 Å². The monoisotopic (exact) mass is 478 g/mol. The Morgan fingerprint density at radius 2 is 1.97 bits per heavy atom. The second kappa shape index (κ2) is 12.3. The summed E-state index contributed by atoms with van der Waals surface area (Å²) >= 11 is 0. The molecule has 180 valence electrons. The number of hydrogen-bond donors (Lipinski definition) is 1. The fraction of sp³-hybridized carbons (Fsp3) is 0.760. The van der Waals surface area contributed by atoms with Gasteiger partial charge in [-0.25, -0.2) is 0 Å². The molecule has 1 aliphatic heterocycles. The molecule has 0 aromatic heterocycles. The molecule has 0 saturated carbocycles. The van der Waals surface area contributed by atoms with Gasteiger partial charge in [-0.15, -0.1) is 0 Å². The van der Waals surface area contributed by atoms with Crippen LogP contribution in [-0.4, -0.2) is 78.6 Å². The Balaban J connectivity index is 0. The van der Waals surface area contributed by atoms with Crippen molar-refractivity contribution in [2.45, 2.75) is 91.5 Å². The number of carbonyl (C=O) groups excluding carboxylic acids is 2. The number of aliphatic hydroxyl groups excluding tert-OH is 1. The summed E-state index contributed by atoms with van der Waals surface area (Å²) in [6, 6.07) is 0. The second-order valence-corrected chi connectivity index (χ2v) is 10.3. The molecule has 3 N–H and O–H groups in total. The molecular formula is C25H42CaO6. The van der Waals surface area contributed by atoms with E-state index in [1.54, 1.807) is 0 Å². The van der Waals surface area contributed by atoms with Gasteiger partial charge in [-0.2, -0.15) is 0 Å². The Kier molecular flexibility index (Phi) is 11.4. The van der Waals surface area contributed by atoms with Crippen LogP contribution in [0.4, 0.5) is 0 Å². The van der Waals surface area contributed by atoms with Crippen LogP contribution in [0.5, 0.6) is 0 Å². The third-order valence-electron chi connectivity index (χ3n) is 7.35. The largest absolute Gasteiger partial charge is 2.00 e. The number of aliphatic hydroxyl groups is 1. The summed E-state index contributed by atoms with van der Waals surface area (Å²) in [6.45, 7) is 10.3. The molecule has 32 heavy (non-hydrogen) atoms. The van der Waals surface area contributed by atoms with Gasteiger partial charge in [0.2, 0.25) is 0 Å². The van der Waals surface area contributed by atoms with Crippen molar-refractivity contribution in [3.05, 3.63) is 23.8 Å². The Hall–Kier alpha value is -0.400. The predicted octanol–water partition coefficient (Wildman–Crippen LogP) is 3.61. The molecule has 3 rings (SSSR count). The van der Waals surface area contributed by atoms with Gasteiger partial charge in [0.25, 0.3) is 0 Å². The van der Waals surface area contributed by atoms with E-state index in [9.17, 15) is 14.7 Å². The van der Waals surface area contributed by atoms with Crippen molar-refractivity contribution in [1.29, 1.82) is 0 Å². The van der Waals surface area contributed by atoms with Gasteiger partial charge in [0.15, 0.2) is 0 Å². The van der Waals surface area contributed by atoms with Crippen LogP contribution >= 0.6 is 0 Å². The first kappa shape index (κ1) is 29.6. The molecule has 7 atom stereocenters. The van der Waals surface area contributed by atoms with Crippen LogP contribution in [0.1, 0.15) is 76.0 Å². The van der Waals surface area contributed by atoms with Gasteiger partial charge in [-0.3, -0.25) is 9.59 Å². The van der Waals surface area contributed by atoms with Crippen molar-refractivity contribution in [3.63, 3.8) is 0 Å². The summed E-state index contributed by atoms with van der Waals surface area (Å²) in [7, 11) is 0. The molecule has 7 heteroatoms. The standard InChI is InChI=1S/C25H38O5.Ca.H2O.2H/c1-6-25(4,5)24(28)30-21-12-15(2)11-17-8-7-16(3)20(23(17)21)10-9-19-13-18(26)14-22(27)29-19;;;;/h7-8,11,15-16,18-21,23,26H,6,9-10,12-14H2,1-5H3;;1H2;;/q;+2;;2*-1/t15-,16-,18+,19-,20-,21-,23-;;;;/m1..../s1. The maximum absolute atomic E-state index is 12.9. The normalized spacial score (nSPS) is 34.2. The molecule has 1 saturated heterocycles. The maximum Gasteiger partial charge on any atom is 2.00 e. The molecule has 0 radical (unpaired) electrons. The molecule has 6 nitrogen and oxygen atoms in total. The first-order valence-corrected chi connectivity index (χ1v) is 11.6. The van der Waals surface area contributed by atoms with Crippen molar-refractivity contribution < 1.29 is 32.5 Å². The van der Waals surface area contributed by atoms with Crippen molar-refractivity contribution in [1.82, 2.24) is 0 Å².